The summed E-state index contributed by atoms with van der Waals surface area (Å²) in [6, 6.07) is 1.98. The van der Waals surface area contributed by atoms with Gasteiger partial charge in [0.15, 0.2) is 0 Å². The first-order valence-electron chi connectivity index (χ1n) is 4.67. The van der Waals surface area contributed by atoms with E-state index in [1.165, 1.54) is 5.06 Å². The monoisotopic (exact) mass is 289 g/mol. The highest BCUT2D eigenvalue weighted by Gasteiger charge is 2.40. The van der Waals surface area contributed by atoms with Crippen molar-refractivity contribution in [3.63, 3.8) is 0 Å². The van der Waals surface area contributed by atoms with Crippen LogP contribution in [-0.2, 0) is 16.2 Å². The summed E-state index contributed by atoms with van der Waals surface area (Å²) in [7, 11) is 0. The highest BCUT2D eigenvalue weighted by Crippen LogP contribution is 2.31. The van der Waals surface area contributed by atoms with Crippen molar-refractivity contribution in [2.24, 2.45) is 5.41 Å². The van der Waals surface area contributed by atoms with E-state index in [1.54, 1.807) is 11.3 Å². The Labute approximate surface area is 101 Å². The van der Waals surface area contributed by atoms with Gasteiger partial charge in [0.05, 0.1) is 18.6 Å². The van der Waals surface area contributed by atoms with Crippen molar-refractivity contribution in [2.45, 2.75) is 20.4 Å². The molecule has 0 N–H and O–H groups in total. The minimum absolute atomic E-state index is 0.0581. The molecule has 2 rings (SSSR count). The molecule has 0 spiro atoms. The van der Waals surface area contributed by atoms with Crippen LogP contribution >= 0.6 is 27.3 Å². The van der Waals surface area contributed by atoms with Crippen LogP contribution in [0.4, 0.5) is 0 Å². The molecule has 0 bridgehead atoms. The molecule has 1 aromatic heterocycles. The van der Waals surface area contributed by atoms with E-state index in [4.69, 9.17) is 4.84 Å². The number of carbonyl (C=O) groups excluding carboxylic acids is 1. The normalized spacial score (nSPS) is 19.9. The third-order valence-corrected chi connectivity index (χ3v) is 4.28. The van der Waals surface area contributed by atoms with Crippen LogP contribution in [0.2, 0.25) is 0 Å². The van der Waals surface area contributed by atoms with Gasteiger partial charge in [-0.25, -0.2) is 5.06 Å². The van der Waals surface area contributed by atoms with Crippen molar-refractivity contribution in [3.05, 3.63) is 20.8 Å². The summed E-state index contributed by atoms with van der Waals surface area (Å²) < 4.78 is 1.04. The second kappa shape index (κ2) is 3.88. The molecule has 1 aliphatic heterocycles. The van der Waals surface area contributed by atoms with Crippen molar-refractivity contribution in [1.82, 2.24) is 5.06 Å². The lowest BCUT2D eigenvalue weighted by Gasteiger charge is -2.15. The van der Waals surface area contributed by atoms with Crippen LogP contribution in [-0.4, -0.2) is 17.6 Å². The summed E-state index contributed by atoms with van der Waals surface area (Å²) in [6.07, 6.45) is 0. The van der Waals surface area contributed by atoms with Crippen molar-refractivity contribution >= 4 is 33.2 Å². The van der Waals surface area contributed by atoms with Gasteiger partial charge in [-0.3, -0.25) is 9.63 Å². The maximum absolute atomic E-state index is 11.9. The number of thiophene rings is 1. The van der Waals surface area contributed by atoms with Gasteiger partial charge in [-0.1, -0.05) is 0 Å². The van der Waals surface area contributed by atoms with Gasteiger partial charge in [-0.15, -0.1) is 11.3 Å². The molecule has 1 saturated heterocycles. The van der Waals surface area contributed by atoms with Gasteiger partial charge in [0, 0.05) is 9.35 Å². The van der Waals surface area contributed by atoms with Crippen LogP contribution in [0.5, 0.6) is 0 Å². The second-order valence-corrected chi connectivity index (χ2v) is 6.05. The maximum Gasteiger partial charge on any atom is 0.254 e. The zero-order chi connectivity index (χ0) is 11.1. The summed E-state index contributed by atoms with van der Waals surface area (Å²) in [5.41, 5.74) is -0.385. The number of nitrogens with zero attached hydrogens (tertiary/aromatic N) is 1. The van der Waals surface area contributed by atoms with E-state index in [1.807, 2.05) is 25.3 Å². The maximum atomic E-state index is 11.9. The highest BCUT2D eigenvalue weighted by atomic mass is 79.9. The molecule has 1 aliphatic rings. The van der Waals surface area contributed by atoms with Crippen molar-refractivity contribution in [2.75, 3.05) is 6.61 Å². The van der Waals surface area contributed by atoms with Gasteiger partial charge in [0.25, 0.3) is 5.91 Å². The van der Waals surface area contributed by atoms with E-state index < -0.39 is 0 Å². The molecular formula is C10H12BrNO2S. The first-order chi connectivity index (χ1) is 7.00. The third kappa shape index (κ3) is 2.09. The van der Waals surface area contributed by atoms with E-state index in [9.17, 15) is 4.79 Å². The number of hydrogen-bond acceptors (Lipinski definition) is 3. The van der Waals surface area contributed by atoms with E-state index in [-0.39, 0.29) is 11.3 Å². The zero-order valence-corrected chi connectivity index (χ0v) is 11.0. The van der Waals surface area contributed by atoms with Crippen molar-refractivity contribution in [3.8, 4) is 0 Å². The predicted octanol–water partition coefficient (Wildman–Crippen LogP) is 2.81. The van der Waals surface area contributed by atoms with Gasteiger partial charge in [0.1, 0.15) is 0 Å². The number of amides is 1. The fourth-order valence-electron chi connectivity index (χ4n) is 1.38. The fraction of sp³-hybridized carbons (Fsp3) is 0.500. The summed E-state index contributed by atoms with van der Waals surface area (Å²) >= 11 is 5.06. The highest BCUT2D eigenvalue weighted by molar-refractivity contribution is 9.10. The number of rotatable bonds is 2. The molecule has 0 aromatic carbocycles. The van der Waals surface area contributed by atoms with Crippen molar-refractivity contribution in [1.29, 1.82) is 0 Å². The molecule has 0 unspecified atom stereocenters. The minimum Gasteiger partial charge on any atom is -0.272 e. The Balaban J connectivity index is 2.09. The molecule has 15 heavy (non-hydrogen) atoms. The molecule has 0 radical (unpaired) electrons. The van der Waals surface area contributed by atoms with Crippen LogP contribution in [0.15, 0.2) is 15.9 Å². The molecule has 5 heteroatoms. The average molecular weight is 290 g/mol. The second-order valence-electron chi connectivity index (χ2n) is 4.19. The van der Waals surface area contributed by atoms with Crippen LogP contribution in [0.25, 0.3) is 0 Å². The Kier molecular flexibility index (Phi) is 2.87. The first-order valence-corrected chi connectivity index (χ1v) is 6.35. The molecule has 1 fully saturated rings. The van der Waals surface area contributed by atoms with Gasteiger partial charge in [0.2, 0.25) is 0 Å². The molecule has 1 amide bonds. The summed E-state index contributed by atoms with van der Waals surface area (Å²) in [5, 5.41) is 3.45. The van der Waals surface area contributed by atoms with Gasteiger partial charge in [-0.2, -0.15) is 0 Å². The predicted molar refractivity (Wildman–Crippen MR) is 62.3 cm³/mol. The molecule has 2 heterocycles. The van der Waals surface area contributed by atoms with E-state index in [2.05, 4.69) is 15.9 Å². The lowest BCUT2D eigenvalue weighted by atomic mass is 9.95. The Hall–Kier alpha value is -0.390. The van der Waals surface area contributed by atoms with Crippen LogP contribution in [0.3, 0.4) is 0 Å². The fourth-order valence-corrected chi connectivity index (χ4v) is 2.84. The molecule has 82 valence electrons. The minimum atomic E-state index is -0.385. The largest absolute Gasteiger partial charge is 0.272 e. The molecule has 0 atom stereocenters. The molecule has 0 saturated carbocycles. The van der Waals surface area contributed by atoms with Gasteiger partial charge < -0.3 is 0 Å². The molecule has 1 aromatic rings. The van der Waals surface area contributed by atoms with Gasteiger partial charge in [-0.05, 0) is 41.2 Å². The number of halogens is 1. The standard InChI is InChI=1S/C10H12BrNO2S/c1-10(2)6-14-12(9(10)13)5-8-7(11)3-4-15-8/h3-4H,5-6H2,1-2H3. The molecule has 0 aliphatic carbocycles. The number of carbonyl (C=O) groups is 1. The summed E-state index contributed by atoms with van der Waals surface area (Å²) in [6.45, 7) is 4.80. The van der Waals surface area contributed by atoms with Crippen LogP contribution in [0.1, 0.15) is 18.7 Å². The quantitative estimate of drug-likeness (QED) is 0.838. The number of hydroxylamine groups is 2. The molecular weight excluding hydrogens is 278 g/mol. The SMILES string of the molecule is CC1(C)CON(Cc2sccc2Br)C1=O. The smallest absolute Gasteiger partial charge is 0.254 e. The first kappa shape index (κ1) is 11.1. The Bertz CT molecular complexity index is 389. The van der Waals surface area contributed by atoms with E-state index in [0.29, 0.717) is 13.2 Å². The summed E-state index contributed by atoms with van der Waals surface area (Å²) in [4.78, 5) is 18.3. The topological polar surface area (TPSA) is 29.5 Å². The van der Waals surface area contributed by atoms with Crippen LogP contribution in [0, 0.1) is 5.41 Å². The zero-order valence-electron chi connectivity index (χ0n) is 8.62. The Morgan fingerprint density at radius 3 is 2.87 bits per heavy atom. The Morgan fingerprint density at radius 1 is 1.67 bits per heavy atom. The number of hydrogen-bond donors (Lipinski definition) is 0. The molecule has 3 nitrogen and oxygen atoms in total. The lowest BCUT2D eigenvalue weighted by Crippen LogP contribution is -2.30. The van der Waals surface area contributed by atoms with Crippen molar-refractivity contribution < 1.29 is 9.63 Å². The van der Waals surface area contributed by atoms with E-state index in [0.717, 1.165) is 9.35 Å². The van der Waals surface area contributed by atoms with Crippen LogP contribution < -0.4 is 0 Å². The summed E-state index contributed by atoms with van der Waals surface area (Å²) in [5.74, 6) is 0.0581. The lowest BCUT2D eigenvalue weighted by molar-refractivity contribution is -0.164. The van der Waals surface area contributed by atoms with Gasteiger partial charge >= 0.3 is 0 Å². The Morgan fingerprint density at radius 2 is 2.40 bits per heavy atom. The average Bonchev–Trinajstić information content (AvgIpc) is 2.66. The van der Waals surface area contributed by atoms with E-state index >= 15 is 0 Å². The third-order valence-electron chi connectivity index (χ3n) is 2.36.